The fraction of sp³-hybridized carbons (Fsp3) is 0.333. The summed E-state index contributed by atoms with van der Waals surface area (Å²) in [5, 5.41) is 1.38. The molecule has 3 heterocycles. The monoisotopic (exact) mass is 524 g/mol. The molecule has 188 valence electrons. The Hall–Kier alpha value is -3.07. The highest BCUT2D eigenvalue weighted by Gasteiger charge is 2.21. The molecule has 2 aromatic heterocycles. The molecule has 0 unspecified atom stereocenters. The van der Waals surface area contributed by atoms with Crippen molar-refractivity contribution in [2.75, 3.05) is 26.7 Å². The smallest absolute Gasteiger partial charge is 0.262 e. The maximum absolute atomic E-state index is 12.2. The number of hydrogen-bond acceptors (Lipinski definition) is 6. The summed E-state index contributed by atoms with van der Waals surface area (Å²) in [6, 6.07) is 15.2. The zero-order valence-corrected chi connectivity index (χ0v) is 21.9. The average Bonchev–Trinajstić information content (AvgIpc) is 3.47. The van der Waals surface area contributed by atoms with Gasteiger partial charge in [-0.25, -0.2) is 4.98 Å². The maximum Gasteiger partial charge on any atom is 0.262 e. The van der Waals surface area contributed by atoms with Crippen molar-refractivity contribution in [2.45, 2.75) is 25.9 Å². The standard InChI is InChI=1S/C27H29ClN4O3S/c1-17(20-5-3-4-6-21(20)28)35-24-14-25(36-26(24)27(29)33)32-16-30-22-8-7-19(13-23(22)32)34-15-18-9-11-31(2)12-10-18/h3-8,13-14,16-18H,9-12,15H2,1-2H3,(H2,29,33)/t17-/m1/s1. The summed E-state index contributed by atoms with van der Waals surface area (Å²) >= 11 is 7.61. The Morgan fingerprint density at radius 3 is 2.75 bits per heavy atom. The third-order valence-corrected chi connectivity index (χ3v) is 8.11. The van der Waals surface area contributed by atoms with Crippen LogP contribution in [0.25, 0.3) is 16.0 Å². The first-order valence-corrected chi connectivity index (χ1v) is 13.2. The van der Waals surface area contributed by atoms with Crippen LogP contribution < -0.4 is 15.2 Å². The number of imidazole rings is 1. The lowest BCUT2D eigenvalue weighted by Gasteiger charge is -2.28. The molecule has 36 heavy (non-hydrogen) atoms. The Bertz CT molecular complexity index is 1380. The topological polar surface area (TPSA) is 82.6 Å². The summed E-state index contributed by atoms with van der Waals surface area (Å²) in [7, 11) is 2.16. The number of rotatable bonds is 8. The number of nitrogens with zero attached hydrogens (tertiary/aromatic N) is 3. The van der Waals surface area contributed by atoms with Crippen molar-refractivity contribution in [3.8, 4) is 16.5 Å². The second-order valence-corrected chi connectivity index (χ2v) is 10.7. The number of thiophene rings is 1. The summed E-state index contributed by atoms with van der Waals surface area (Å²) in [6.07, 6.45) is 3.68. The number of carbonyl (C=O) groups excluding carboxylic acids is 1. The SMILES string of the molecule is C[C@@H](Oc1cc(-n2cnc3ccc(OCC4CCN(C)CC4)cc32)sc1C(N)=O)c1ccccc1Cl. The first kappa shape index (κ1) is 24.6. The Kier molecular flexibility index (Phi) is 7.18. The summed E-state index contributed by atoms with van der Waals surface area (Å²) < 4.78 is 14.3. The molecule has 1 aliphatic heterocycles. The van der Waals surface area contributed by atoms with Crippen LogP contribution in [0.5, 0.6) is 11.5 Å². The molecular formula is C27H29ClN4O3S. The van der Waals surface area contributed by atoms with E-state index in [-0.39, 0.29) is 6.10 Å². The van der Waals surface area contributed by atoms with Crippen LogP contribution in [0.15, 0.2) is 54.9 Å². The predicted octanol–water partition coefficient (Wildman–Crippen LogP) is 5.70. The normalized spacial score (nSPS) is 15.8. The molecule has 1 saturated heterocycles. The molecule has 1 fully saturated rings. The minimum atomic E-state index is -0.542. The molecule has 0 saturated carbocycles. The highest BCUT2D eigenvalue weighted by molar-refractivity contribution is 7.16. The van der Waals surface area contributed by atoms with Gasteiger partial charge in [0.25, 0.3) is 5.91 Å². The van der Waals surface area contributed by atoms with Gasteiger partial charge in [0, 0.05) is 22.7 Å². The van der Waals surface area contributed by atoms with Crippen molar-refractivity contribution >= 4 is 39.9 Å². The first-order valence-electron chi connectivity index (χ1n) is 12.0. The van der Waals surface area contributed by atoms with Gasteiger partial charge < -0.3 is 20.1 Å². The van der Waals surface area contributed by atoms with Gasteiger partial charge in [0.1, 0.15) is 33.8 Å². The molecular weight excluding hydrogens is 496 g/mol. The van der Waals surface area contributed by atoms with Crippen LogP contribution in [0.4, 0.5) is 0 Å². The van der Waals surface area contributed by atoms with E-state index in [2.05, 4.69) is 16.9 Å². The van der Waals surface area contributed by atoms with E-state index in [1.165, 1.54) is 11.3 Å². The number of piperidine rings is 1. The van der Waals surface area contributed by atoms with Crippen molar-refractivity contribution in [3.63, 3.8) is 0 Å². The molecule has 2 aromatic carbocycles. The van der Waals surface area contributed by atoms with Gasteiger partial charge in [-0.1, -0.05) is 29.8 Å². The number of benzene rings is 2. The summed E-state index contributed by atoms with van der Waals surface area (Å²) in [5.74, 6) is 1.25. The van der Waals surface area contributed by atoms with E-state index in [1.54, 1.807) is 6.33 Å². The van der Waals surface area contributed by atoms with Crippen molar-refractivity contribution in [1.29, 1.82) is 0 Å². The van der Waals surface area contributed by atoms with E-state index in [0.717, 1.165) is 53.3 Å². The summed E-state index contributed by atoms with van der Waals surface area (Å²) in [4.78, 5) is 19.5. The van der Waals surface area contributed by atoms with Crippen molar-refractivity contribution in [1.82, 2.24) is 14.5 Å². The molecule has 1 atom stereocenters. The molecule has 4 aromatic rings. The molecule has 0 spiro atoms. The Labute approximate surface area is 219 Å². The fourth-order valence-electron chi connectivity index (χ4n) is 4.49. The number of ether oxygens (including phenoxy) is 2. The van der Waals surface area contributed by atoms with Crippen LogP contribution in [-0.4, -0.2) is 47.1 Å². The largest absolute Gasteiger partial charge is 0.493 e. The highest BCUT2D eigenvalue weighted by atomic mass is 35.5. The zero-order valence-electron chi connectivity index (χ0n) is 20.3. The van der Waals surface area contributed by atoms with Crippen LogP contribution >= 0.6 is 22.9 Å². The molecule has 0 bridgehead atoms. The van der Waals surface area contributed by atoms with Crippen molar-refractivity contribution in [2.24, 2.45) is 11.7 Å². The van der Waals surface area contributed by atoms with E-state index in [1.807, 2.05) is 60.0 Å². The van der Waals surface area contributed by atoms with Crippen LogP contribution in [0.2, 0.25) is 5.02 Å². The molecule has 0 aliphatic carbocycles. The molecule has 5 rings (SSSR count). The van der Waals surface area contributed by atoms with Gasteiger partial charge >= 0.3 is 0 Å². The minimum Gasteiger partial charge on any atom is -0.493 e. The number of amides is 1. The Morgan fingerprint density at radius 1 is 1.22 bits per heavy atom. The van der Waals surface area contributed by atoms with Gasteiger partial charge in [0.05, 0.1) is 17.6 Å². The molecule has 7 nitrogen and oxygen atoms in total. The maximum atomic E-state index is 12.2. The highest BCUT2D eigenvalue weighted by Crippen LogP contribution is 2.37. The number of primary amides is 1. The number of nitrogens with two attached hydrogens (primary N) is 1. The van der Waals surface area contributed by atoms with Crippen LogP contribution in [0.1, 0.15) is 41.1 Å². The van der Waals surface area contributed by atoms with Crippen molar-refractivity contribution in [3.05, 3.63) is 70.3 Å². The Morgan fingerprint density at radius 2 is 2.00 bits per heavy atom. The lowest BCUT2D eigenvalue weighted by Crippen LogP contribution is -2.32. The number of hydrogen-bond donors (Lipinski definition) is 1. The third-order valence-electron chi connectivity index (χ3n) is 6.64. The molecule has 9 heteroatoms. The fourth-order valence-corrected chi connectivity index (χ4v) is 5.71. The van der Waals surface area contributed by atoms with E-state index in [4.69, 9.17) is 26.8 Å². The van der Waals surface area contributed by atoms with Gasteiger partial charge in [0.15, 0.2) is 0 Å². The van der Waals surface area contributed by atoms with E-state index in [9.17, 15) is 4.79 Å². The van der Waals surface area contributed by atoms with Gasteiger partial charge in [-0.05, 0) is 64.0 Å². The Balaban J connectivity index is 1.39. The zero-order chi connectivity index (χ0) is 25.2. The third kappa shape index (κ3) is 5.21. The number of aromatic nitrogens is 2. The number of halogens is 1. The molecule has 1 amide bonds. The van der Waals surface area contributed by atoms with Gasteiger partial charge in [-0.15, -0.1) is 11.3 Å². The van der Waals surface area contributed by atoms with Crippen molar-refractivity contribution < 1.29 is 14.3 Å². The predicted molar refractivity (Wildman–Crippen MR) is 144 cm³/mol. The lowest BCUT2D eigenvalue weighted by molar-refractivity contribution is 0.0998. The lowest BCUT2D eigenvalue weighted by atomic mass is 9.98. The van der Waals surface area contributed by atoms with E-state index < -0.39 is 5.91 Å². The van der Waals surface area contributed by atoms with Crippen LogP contribution in [0.3, 0.4) is 0 Å². The molecule has 1 aliphatic rings. The van der Waals surface area contributed by atoms with Gasteiger partial charge in [0.2, 0.25) is 0 Å². The molecule has 2 N–H and O–H groups in total. The number of carbonyl (C=O) groups is 1. The quantitative estimate of drug-likeness (QED) is 0.319. The van der Waals surface area contributed by atoms with Gasteiger partial charge in [-0.2, -0.15) is 0 Å². The molecule has 0 radical (unpaired) electrons. The van der Waals surface area contributed by atoms with Gasteiger partial charge in [-0.3, -0.25) is 9.36 Å². The number of likely N-dealkylation sites (tertiary alicyclic amines) is 1. The second kappa shape index (κ2) is 10.5. The van der Waals surface area contributed by atoms with Crippen LogP contribution in [-0.2, 0) is 0 Å². The van der Waals surface area contributed by atoms with Crippen LogP contribution in [0, 0.1) is 5.92 Å². The number of fused-ring (bicyclic) bond motifs is 1. The minimum absolute atomic E-state index is 0.348. The second-order valence-electron chi connectivity index (χ2n) is 9.25. The average molecular weight is 525 g/mol. The first-order chi connectivity index (χ1) is 17.4. The van der Waals surface area contributed by atoms with E-state index in [0.29, 0.717) is 28.2 Å². The summed E-state index contributed by atoms with van der Waals surface area (Å²) in [5.41, 5.74) is 8.26. The summed E-state index contributed by atoms with van der Waals surface area (Å²) in [6.45, 7) is 4.82. The van der Waals surface area contributed by atoms with E-state index >= 15 is 0 Å².